The molecule has 0 fully saturated rings. The summed E-state index contributed by atoms with van der Waals surface area (Å²) in [4.78, 5) is 1.89. The lowest BCUT2D eigenvalue weighted by atomic mass is 10.3. The van der Waals surface area contributed by atoms with Crippen molar-refractivity contribution in [1.29, 1.82) is 0 Å². The van der Waals surface area contributed by atoms with Gasteiger partial charge in [-0.2, -0.15) is 0 Å². The fraction of sp³-hybridized carbons (Fsp3) is 0. The molecule has 2 aromatic rings. The maximum atomic E-state index is 6.10. The predicted molar refractivity (Wildman–Crippen MR) is 71.4 cm³/mol. The summed E-state index contributed by atoms with van der Waals surface area (Å²) in [6.07, 6.45) is 0. The highest BCUT2D eigenvalue weighted by Crippen LogP contribution is 2.38. The molecule has 0 aliphatic rings. The molecular formula is C12H9Cl2NS. The minimum Gasteiger partial charge on any atom is -0.398 e. The average molecular weight is 270 g/mol. The van der Waals surface area contributed by atoms with Crippen LogP contribution < -0.4 is 5.73 Å². The van der Waals surface area contributed by atoms with E-state index in [4.69, 9.17) is 28.9 Å². The summed E-state index contributed by atoms with van der Waals surface area (Å²) < 4.78 is 0. The van der Waals surface area contributed by atoms with Crippen molar-refractivity contribution in [3.8, 4) is 0 Å². The number of anilines is 1. The Kier molecular flexibility index (Phi) is 3.64. The molecular weight excluding hydrogens is 261 g/mol. The summed E-state index contributed by atoms with van der Waals surface area (Å²) >= 11 is 13.6. The van der Waals surface area contributed by atoms with E-state index in [-0.39, 0.29) is 0 Å². The first-order valence-electron chi connectivity index (χ1n) is 4.65. The second kappa shape index (κ2) is 5.00. The van der Waals surface area contributed by atoms with Crippen molar-refractivity contribution in [3.63, 3.8) is 0 Å². The second-order valence-corrected chi connectivity index (χ2v) is 5.06. The smallest absolute Gasteiger partial charge is 0.0731 e. The van der Waals surface area contributed by atoms with Gasteiger partial charge in [-0.05, 0) is 24.3 Å². The predicted octanol–water partition coefficient (Wildman–Crippen LogP) is 4.73. The molecule has 2 N–H and O–H groups in total. The van der Waals surface area contributed by atoms with Gasteiger partial charge in [-0.1, -0.05) is 53.2 Å². The number of halogens is 2. The Morgan fingerprint density at radius 1 is 0.875 bits per heavy atom. The molecule has 0 atom stereocenters. The van der Waals surface area contributed by atoms with Crippen molar-refractivity contribution in [1.82, 2.24) is 0 Å². The highest BCUT2D eigenvalue weighted by atomic mass is 35.5. The molecule has 2 rings (SSSR count). The van der Waals surface area contributed by atoms with Crippen molar-refractivity contribution in [3.05, 3.63) is 52.5 Å². The van der Waals surface area contributed by atoms with Crippen LogP contribution in [-0.4, -0.2) is 0 Å². The quantitative estimate of drug-likeness (QED) is 0.798. The topological polar surface area (TPSA) is 26.0 Å². The number of hydrogen-bond acceptors (Lipinski definition) is 2. The molecule has 0 saturated heterocycles. The van der Waals surface area contributed by atoms with Crippen LogP contribution in [-0.2, 0) is 0 Å². The lowest BCUT2D eigenvalue weighted by Crippen LogP contribution is -1.87. The fourth-order valence-corrected chi connectivity index (χ4v) is 2.64. The number of hydrogen-bond donors (Lipinski definition) is 1. The van der Waals surface area contributed by atoms with Crippen LogP contribution in [0.4, 0.5) is 5.69 Å². The van der Waals surface area contributed by atoms with Gasteiger partial charge in [-0.3, -0.25) is 0 Å². The summed E-state index contributed by atoms with van der Waals surface area (Å²) in [5, 5.41) is 1.12. The number of nitrogens with two attached hydrogens (primary N) is 1. The van der Waals surface area contributed by atoms with Gasteiger partial charge in [0.1, 0.15) is 0 Å². The van der Waals surface area contributed by atoms with Gasteiger partial charge in [0, 0.05) is 15.5 Å². The Hall–Kier alpha value is -0.830. The molecule has 2 aromatic carbocycles. The first kappa shape index (κ1) is 11.6. The number of nitrogen functional groups attached to an aromatic ring is 1. The molecule has 4 heteroatoms. The first-order valence-corrected chi connectivity index (χ1v) is 6.22. The standard InChI is InChI=1S/C12H9Cl2NS/c13-8-4-3-7-11(12(8)14)16-10-6-2-1-5-9(10)15/h1-7H,15H2. The molecule has 0 bridgehead atoms. The maximum absolute atomic E-state index is 6.10. The third-order valence-corrected chi connectivity index (χ3v) is 4.14. The van der Waals surface area contributed by atoms with Crippen molar-refractivity contribution >= 4 is 40.7 Å². The van der Waals surface area contributed by atoms with Crippen molar-refractivity contribution in [2.45, 2.75) is 9.79 Å². The molecule has 0 radical (unpaired) electrons. The van der Waals surface area contributed by atoms with Gasteiger partial charge in [-0.25, -0.2) is 0 Å². The van der Waals surface area contributed by atoms with Gasteiger partial charge >= 0.3 is 0 Å². The second-order valence-electron chi connectivity index (χ2n) is 3.19. The van der Waals surface area contributed by atoms with Gasteiger partial charge in [0.15, 0.2) is 0 Å². The Balaban J connectivity index is 2.35. The van der Waals surface area contributed by atoms with Crippen molar-refractivity contribution in [2.75, 3.05) is 5.73 Å². The maximum Gasteiger partial charge on any atom is 0.0731 e. The van der Waals surface area contributed by atoms with Crippen LogP contribution in [0.2, 0.25) is 10.0 Å². The lowest BCUT2D eigenvalue weighted by molar-refractivity contribution is 1.41. The molecule has 0 aliphatic carbocycles. The summed E-state index contributed by atoms with van der Waals surface area (Å²) in [6, 6.07) is 13.2. The van der Waals surface area contributed by atoms with Crippen molar-refractivity contribution in [2.24, 2.45) is 0 Å². The highest BCUT2D eigenvalue weighted by Gasteiger charge is 2.07. The zero-order valence-corrected chi connectivity index (χ0v) is 10.6. The molecule has 0 unspecified atom stereocenters. The normalized spacial score (nSPS) is 10.4. The molecule has 0 aromatic heterocycles. The molecule has 0 heterocycles. The van der Waals surface area contributed by atoms with E-state index in [1.165, 1.54) is 11.8 Å². The van der Waals surface area contributed by atoms with E-state index >= 15 is 0 Å². The van der Waals surface area contributed by atoms with Gasteiger partial charge in [0.25, 0.3) is 0 Å². The number of benzene rings is 2. The van der Waals surface area contributed by atoms with E-state index in [0.717, 1.165) is 15.5 Å². The minimum absolute atomic E-state index is 0.557. The summed E-state index contributed by atoms with van der Waals surface area (Å²) in [5.74, 6) is 0. The van der Waals surface area contributed by atoms with Gasteiger partial charge in [0.05, 0.1) is 10.0 Å². The molecule has 0 amide bonds. The fourth-order valence-electron chi connectivity index (χ4n) is 1.25. The average Bonchev–Trinajstić information content (AvgIpc) is 2.28. The molecule has 1 nitrogen and oxygen atoms in total. The van der Waals surface area contributed by atoms with E-state index in [1.54, 1.807) is 6.07 Å². The van der Waals surface area contributed by atoms with Gasteiger partial charge < -0.3 is 5.73 Å². The zero-order chi connectivity index (χ0) is 11.5. The molecule has 16 heavy (non-hydrogen) atoms. The Morgan fingerprint density at radius 3 is 2.31 bits per heavy atom. The lowest BCUT2D eigenvalue weighted by Gasteiger charge is -2.07. The zero-order valence-electron chi connectivity index (χ0n) is 8.28. The monoisotopic (exact) mass is 269 g/mol. The largest absolute Gasteiger partial charge is 0.398 e. The number of para-hydroxylation sites is 1. The Morgan fingerprint density at radius 2 is 1.56 bits per heavy atom. The van der Waals surface area contributed by atoms with E-state index in [0.29, 0.717) is 10.0 Å². The SMILES string of the molecule is Nc1ccccc1Sc1cccc(Cl)c1Cl. The van der Waals surface area contributed by atoms with Crippen LogP contribution in [0.5, 0.6) is 0 Å². The Bertz CT molecular complexity index is 514. The van der Waals surface area contributed by atoms with Gasteiger partial charge in [0.2, 0.25) is 0 Å². The van der Waals surface area contributed by atoms with Crippen LogP contribution in [0.3, 0.4) is 0 Å². The van der Waals surface area contributed by atoms with Crippen molar-refractivity contribution < 1.29 is 0 Å². The van der Waals surface area contributed by atoms with Crippen LogP contribution in [0.1, 0.15) is 0 Å². The van der Waals surface area contributed by atoms with E-state index < -0.39 is 0 Å². The summed E-state index contributed by atoms with van der Waals surface area (Å²) in [5.41, 5.74) is 6.60. The third kappa shape index (κ3) is 2.46. The Labute approximate surface area is 109 Å². The van der Waals surface area contributed by atoms with Crippen LogP contribution in [0, 0.1) is 0 Å². The summed E-state index contributed by atoms with van der Waals surface area (Å²) in [6.45, 7) is 0. The summed E-state index contributed by atoms with van der Waals surface area (Å²) in [7, 11) is 0. The van der Waals surface area contributed by atoms with Crippen LogP contribution in [0.25, 0.3) is 0 Å². The molecule has 0 aliphatic heterocycles. The van der Waals surface area contributed by atoms with E-state index in [9.17, 15) is 0 Å². The van der Waals surface area contributed by atoms with Crippen LogP contribution >= 0.6 is 35.0 Å². The van der Waals surface area contributed by atoms with Crippen LogP contribution in [0.15, 0.2) is 52.3 Å². The van der Waals surface area contributed by atoms with Gasteiger partial charge in [-0.15, -0.1) is 0 Å². The third-order valence-electron chi connectivity index (χ3n) is 2.06. The molecule has 0 saturated carbocycles. The molecule has 0 spiro atoms. The minimum atomic E-state index is 0.557. The first-order chi connectivity index (χ1) is 7.68. The molecule has 82 valence electrons. The van der Waals surface area contributed by atoms with E-state index in [1.807, 2.05) is 36.4 Å². The van der Waals surface area contributed by atoms with E-state index in [2.05, 4.69) is 0 Å². The number of rotatable bonds is 2. The highest BCUT2D eigenvalue weighted by molar-refractivity contribution is 7.99.